The molecule has 0 aromatic heterocycles. The summed E-state index contributed by atoms with van der Waals surface area (Å²) in [5.74, 6) is 0.970. The molecule has 14 heavy (non-hydrogen) atoms. The van der Waals surface area contributed by atoms with Crippen LogP contribution < -0.4 is 5.73 Å². The van der Waals surface area contributed by atoms with Gasteiger partial charge in [-0.15, -0.1) is 13.2 Å². The number of hydrogen-bond acceptors (Lipinski definition) is 3. The van der Waals surface area contributed by atoms with E-state index in [1.807, 2.05) is 6.26 Å². The normalized spacial score (nSPS) is 13.6. The van der Waals surface area contributed by atoms with Gasteiger partial charge in [-0.1, -0.05) is 12.2 Å². The quantitative estimate of drug-likeness (QED) is 0.608. The SMILES string of the molecule is C=CCC(O)(CC=C)C(N)CCSC. The van der Waals surface area contributed by atoms with Crippen LogP contribution in [0.25, 0.3) is 0 Å². The lowest BCUT2D eigenvalue weighted by atomic mass is 9.86. The summed E-state index contributed by atoms with van der Waals surface area (Å²) in [5.41, 5.74) is 5.09. The van der Waals surface area contributed by atoms with Gasteiger partial charge in [-0.25, -0.2) is 0 Å². The molecule has 3 N–H and O–H groups in total. The Labute approximate surface area is 91.3 Å². The predicted octanol–water partition coefficient (Wildman–Crippen LogP) is 1.95. The second kappa shape index (κ2) is 7.10. The molecule has 2 nitrogen and oxygen atoms in total. The van der Waals surface area contributed by atoms with E-state index in [1.165, 1.54) is 0 Å². The van der Waals surface area contributed by atoms with E-state index in [4.69, 9.17) is 5.73 Å². The van der Waals surface area contributed by atoms with Crippen LogP contribution in [0.15, 0.2) is 25.3 Å². The van der Waals surface area contributed by atoms with Crippen molar-refractivity contribution in [3.8, 4) is 0 Å². The lowest BCUT2D eigenvalue weighted by molar-refractivity contribution is 0.0189. The van der Waals surface area contributed by atoms with Gasteiger partial charge in [-0.05, 0) is 31.3 Å². The fourth-order valence-electron chi connectivity index (χ4n) is 1.40. The van der Waals surface area contributed by atoms with Crippen LogP contribution in [-0.2, 0) is 0 Å². The molecule has 0 aliphatic rings. The molecule has 0 fully saturated rings. The van der Waals surface area contributed by atoms with Gasteiger partial charge in [0.05, 0.1) is 5.60 Å². The monoisotopic (exact) mass is 215 g/mol. The highest BCUT2D eigenvalue weighted by Crippen LogP contribution is 2.22. The molecule has 0 aliphatic carbocycles. The first-order chi connectivity index (χ1) is 6.60. The van der Waals surface area contributed by atoms with Crippen LogP contribution in [0.3, 0.4) is 0 Å². The molecular formula is C11H21NOS. The summed E-state index contributed by atoms with van der Waals surface area (Å²) in [7, 11) is 0. The van der Waals surface area contributed by atoms with Crippen LogP contribution in [0, 0.1) is 0 Å². The Morgan fingerprint density at radius 1 is 1.43 bits per heavy atom. The van der Waals surface area contributed by atoms with E-state index in [1.54, 1.807) is 23.9 Å². The zero-order valence-corrected chi connectivity index (χ0v) is 9.72. The van der Waals surface area contributed by atoms with Gasteiger partial charge in [0.15, 0.2) is 0 Å². The predicted molar refractivity (Wildman–Crippen MR) is 65.6 cm³/mol. The molecule has 0 heterocycles. The van der Waals surface area contributed by atoms with Crippen molar-refractivity contribution in [3.05, 3.63) is 25.3 Å². The number of thioether (sulfide) groups is 1. The maximum atomic E-state index is 10.2. The third kappa shape index (κ3) is 4.31. The van der Waals surface area contributed by atoms with Crippen molar-refractivity contribution < 1.29 is 5.11 Å². The summed E-state index contributed by atoms with van der Waals surface area (Å²) >= 11 is 1.74. The highest BCUT2D eigenvalue weighted by atomic mass is 32.2. The van der Waals surface area contributed by atoms with Crippen molar-refractivity contribution in [2.24, 2.45) is 5.73 Å². The largest absolute Gasteiger partial charge is 0.388 e. The van der Waals surface area contributed by atoms with Gasteiger partial charge in [0, 0.05) is 6.04 Å². The first-order valence-electron chi connectivity index (χ1n) is 4.79. The van der Waals surface area contributed by atoms with E-state index in [9.17, 15) is 5.11 Å². The van der Waals surface area contributed by atoms with Crippen LogP contribution in [0.4, 0.5) is 0 Å². The molecule has 0 bridgehead atoms. The van der Waals surface area contributed by atoms with Gasteiger partial charge in [-0.2, -0.15) is 11.8 Å². The minimum absolute atomic E-state index is 0.203. The zero-order chi connectivity index (χ0) is 11.0. The van der Waals surface area contributed by atoms with E-state index in [0.717, 1.165) is 12.2 Å². The molecule has 0 aromatic rings. The summed E-state index contributed by atoms with van der Waals surface area (Å²) in [6.07, 6.45) is 7.32. The summed E-state index contributed by atoms with van der Waals surface area (Å²) < 4.78 is 0. The van der Waals surface area contributed by atoms with E-state index in [-0.39, 0.29) is 6.04 Å². The fraction of sp³-hybridized carbons (Fsp3) is 0.636. The molecule has 0 amide bonds. The van der Waals surface area contributed by atoms with Crippen molar-refractivity contribution in [1.82, 2.24) is 0 Å². The molecule has 0 rings (SSSR count). The van der Waals surface area contributed by atoms with Crippen molar-refractivity contribution in [1.29, 1.82) is 0 Å². The van der Waals surface area contributed by atoms with Gasteiger partial charge in [-0.3, -0.25) is 0 Å². The molecule has 3 heteroatoms. The summed E-state index contributed by atoms with van der Waals surface area (Å²) in [5, 5.41) is 10.2. The minimum atomic E-state index is -0.862. The Morgan fingerprint density at radius 2 is 1.93 bits per heavy atom. The second-order valence-corrected chi connectivity index (χ2v) is 4.46. The highest BCUT2D eigenvalue weighted by Gasteiger charge is 2.31. The van der Waals surface area contributed by atoms with Crippen LogP contribution in [0.5, 0.6) is 0 Å². The molecule has 1 unspecified atom stereocenters. The lowest BCUT2D eigenvalue weighted by Gasteiger charge is -2.32. The molecule has 0 aliphatic heterocycles. The van der Waals surface area contributed by atoms with Crippen molar-refractivity contribution in [2.45, 2.75) is 30.9 Å². The smallest absolute Gasteiger partial charge is 0.0866 e. The maximum absolute atomic E-state index is 10.2. The minimum Gasteiger partial charge on any atom is -0.388 e. The third-order valence-electron chi connectivity index (χ3n) is 2.32. The van der Waals surface area contributed by atoms with Gasteiger partial charge < -0.3 is 10.8 Å². The van der Waals surface area contributed by atoms with E-state index >= 15 is 0 Å². The average molecular weight is 215 g/mol. The topological polar surface area (TPSA) is 46.2 Å². The van der Waals surface area contributed by atoms with Crippen LogP contribution in [0.1, 0.15) is 19.3 Å². The van der Waals surface area contributed by atoms with Crippen LogP contribution >= 0.6 is 11.8 Å². The van der Waals surface area contributed by atoms with E-state index in [2.05, 4.69) is 13.2 Å². The number of hydrogen-bond donors (Lipinski definition) is 2. The Hall–Kier alpha value is -0.250. The third-order valence-corrected chi connectivity index (χ3v) is 2.96. The summed E-state index contributed by atoms with van der Waals surface area (Å²) in [6, 6.07) is -0.203. The lowest BCUT2D eigenvalue weighted by Crippen LogP contribution is -2.47. The molecular weight excluding hydrogens is 194 g/mol. The summed E-state index contributed by atoms with van der Waals surface area (Å²) in [6.45, 7) is 7.27. The van der Waals surface area contributed by atoms with Crippen molar-refractivity contribution in [3.63, 3.8) is 0 Å². The van der Waals surface area contributed by atoms with Crippen molar-refractivity contribution in [2.75, 3.05) is 12.0 Å². The number of nitrogens with two attached hydrogens (primary N) is 1. The molecule has 0 aromatic carbocycles. The highest BCUT2D eigenvalue weighted by molar-refractivity contribution is 7.98. The Balaban J connectivity index is 4.28. The van der Waals surface area contributed by atoms with Gasteiger partial charge in [0.1, 0.15) is 0 Å². The Bertz CT molecular complexity index is 172. The van der Waals surface area contributed by atoms with E-state index < -0.39 is 5.60 Å². The van der Waals surface area contributed by atoms with E-state index in [0.29, 0.717) is 12.8 Å². The second-order valence-electron chi connectivity index (χ2n) is 3.48. The Morgan fingerprint density at radius 3 is 2.29 bits per heavy atom. The molecule has 0 saturated carbocycles. The summed E-state index contributed by atoms with van der Waals surface area (Å²) in [4.78, 5) is 0. The molecule has 1 atom stereocenters. The Kier molecular flexibility index (Phi) is 6.97. The number of rotatable bonds is 8. The van der Waals surface area contributed by atoms with Crippen LogP contribution in [-0.4, -0.2) is 28.8 Å². The van der Waals surface area contributed by atoms with Gasteiger partial charge in [0.2, 0.25) is 0 Å². The zero-order valence-electron chi connectivity index (χ0n) is 8.91. The van der Waals surface area contributed by atoms with Crippen LogP contribution in [0.2, 0.25) is 0 Å². The van der Waals surface area contributed by atoms with Gasteiger partial charge >= 0.3 is 0 Å². The standard InChI is InChI=1S/C11H21NOS/c1-4-7-11(13,8-5-2)10(12)6-9-14-3/h4-5,10,13H,1-2,6-9,12H2,3H3. The first-order valence-corrected chi connectivity index (χ1v) is 6.18. The fourth-order valence-corrected chi connectivity index (χ4v) is 1.89. The van der Waals surface area contributed by atoms with Crippen molar-refractivity contribution >= 4 is 11.8 Å². The average Bonchev–Trinajstić information content (AvgIpc) is 2.15. The molecule has 0 spiro atoms. The molecule has 82 valence electrons. The maximum Gasteiger partial charge on any atom is 0.0866 e. The first kappa shape index (κ1) is 13.8. The van der Waals surface area contributed by atoms with Gasteiger partial charge in [0.25, 0.3) is 0 Å². The molecule has 0 saturated heterocycles. The number of aliphatic hydroxyl groups is 1. The molecule has 0 radical (unpaired) electrons.